The van der Waals surface area contributed by atoms with Gasteiger partial charge in [-0.15, -0.1) is 0 Å². The van der Waals surface area contributed by atoms with Gasteiger partial charge in [-0.2, -0.15) is 0 Å². The maximum atomic E-state index is 12.9. The molecule has 3 rings (SSSR count). The minimum atomic E-state index is -0.707. The average Bonchev–Trinajstić information content (AvgIpc) is 2.74. The lowest BCUT2D eigenvalue weighted by atomic mass is 10.2. The number of carbonyl (C=O) groups excluding carboxylic acids is 2. The second-order valence-electron chi connectivity index (χ2n) is 6.43. The van der Waals surface area contributed by atoms with Gasteiger partial charge in [-0.1, -0.05) is 30.3 Å². The smallest absolute Gasteiger partial charge is 0.333 e. The number of rotatable bonds is 6. The largest absolute Gasteiger partial charge is 0.384 e. The van der Waals surface area contributed by atoms with Crippen LogP contribution < -0.4 is 28.0 Å². The third-order valence-electron chi connectivity index (χ3n) is 4.35. The van der Waals surface area contributed by atoms with Crippen molar-refractivity contribution in [2.45, 2.75) is 13.1 Å². The van der Waals surface area contributed by atoms with Crippen molar-refractivity contribution in [1.29, 1.82) is 0 Å². The summed E-state index contributed by atoms with van der Waals surface area (Å²) in [6.45, 7) is -0.372. The number of amides is 2. The molecular weight excluding hydrogens is 454 g/mol. The highest BCUT2D eigenvalue weighted by Crippen LogP contribution is 2.14. The molecule has 0 aliphatic rings. The van der Waals surface area contributed by atoms with Crippen LogP contribution in [0.4, 0.5) is 11.5 Å². The highest BCUT2D eigenvalue weighted by Gasteiger charge is 2.18. The van der Waals surface area contributed by atoms with Crippen LogP contribution in [0.1, 0.15) is 15.9 Å². The third kappa shape index (κ3) is 4.49. The Kier molecular flexibility index (Phi) is 6.17. The summed E-state index contributed by atoms with van der Waals surface area (Å²) in [4.78, 5) is 48.9. The number of nitrogen functional groups attached to an aromatic ring is 1. The first-order valence-corrected chi connectivity index (χ1v) is 9.59. The molecule has 0 fully saturated rings. The van der Waals surface area contributed by atoms with Crippen molar-refractivity contribution in [1.82, 2.24) is 9.13 Å². The number of nitrogens with two attached hydrogens (primary N) is 2. The van der Waals surface area contributed by atoms with Crippen LogP contribution in [0.15, 0.2) is 68.7 Å². The maximum Gasteiger partial charge on any atom is 0.333 e. The number of carbonyl (C=O) groups is 2. The lowest BCUT2D eigenvalue weighted by Crippen LogP contribution is -2.44. The van der Waals surface area contributed by atoms with Gasteiger partial charge in [-0.25, -0.2) is 9.36 Å². The predicted molar refractivity (Wildman–Crippen MR) is 116 cm³/mol. The van der Waals surface area contributed by atoms with Crippen molar-refractivity contribution in [2.24, 2.45) is 5.73 Å². The third-order valence-corrected chi connectivity index (χ3v) is 5.09. The summed E-state index contributed by atoms with van der Waals surface area (Å²) in [5.41, 5.74) is 11.2. The van der Waals surface area contributed by atoms with E-state index < -0.39 is 29.6 Å². The molecule has 5 N–H and O–H groups in total. The Morgan fingerprint density at radius 2 is 1.60 bits per heavy atom. The second-order valence-corrected chi connectivity index (χ2v) is 7.23. The van der Waals surface area contributed by atoms with Gasteiger partial charge >= 0.3 is 5.69 Å². The second kappa shape index (κ2) is 8.78. The topological polar surface area (TPSA) is 142 Å². The van der Waals surface area contributed by atoms with Gasteiger partial charge in [-0.05, 0) is 45.8 Å². The van der Waals surface area contributed by atoms with Gasteiger partial charge < -0.3 is 16.8 Å². The molecule has 10 heteroatoms. The maximum absolute atomic E-state index is 12.9. The van der Waals surface area contributed by atoms with E-state index in [4.69, 9.17) is 11.5 Å². The fourth-order valence-electron chi connectivity index (χ4n) is 2.80. The van der Waals surface area contributed by atoms with Crippen LogP contribution in [0.3, 0.4) is 0 Å². The molecule has 9 nitrogen and oxygen atoms in total. The molecule has 0 atom stereocenters. The van der Waals surface area contributed by atoms with E-state index in [-0.39, 0.29) is 22.4 Å². The Labute approximate surface area is 179 Å². The van der Waals surface area contributed by atoms with Crippen LogP contribution in [0, 0.1) is 0 Å². The van der Waals surface area contributed by atoms with Gasteiger partial charge in [0.15, 0.2) is 0 Å². The standard InChI is InChI=1S/C20H18BrN5O4/c21-16-17(22)25(10-12-4-2-1-3-5-12)20(30)26(19(16)29)11-15(27)24-14-8-6-13(7-9-14)18(23)28/h1-9H,10-11,22H2,(H2,23,28)(H,24,27). The molecule has 0 spiro atoms. The van der Waals surface area contributed by atoms with Gasteiger partial charge in [0.05, 0.1) is 6.54 Å². The zero-order chi connectivity index (χ0) is 21.8. The molecule has 0 saturated carbocycles. The highest BCUT2D eigenvalue weighted by atomic mass is 79.9. The minimum Gasteiger partial charge on any atom is -0.384 e. The zero-order valence-corrected chi connectivity index (χ0v) is 17.3. The molecule has 2 aromatic carbocycles. The monoisotopic (exact) mass is 471 g/mol. The highest BCUT2D eigenvalue weighted by molar-refractivity contribution is 9.10. The average molecular weight is 472 g/mol. The molecule has 3 aromatic rings. The summed E-state index contributed by atoms with van der Waals surface area (Å²) in [5.74, 6) is -1.21. The van der Waals surface area contributed by atoms with Crippen LogP contribution in [-0.4, -0.2) is 20.9 Å². The van der Waals surface area contributed by atoms with Crippen molar-refractivity contribution in [3.8, 4) is 0 Å². The van der Waals surface area contributed by atoms with Crippen LogP contribution in [0.25, 0.3) is 0 Å². The van der Waals surface area contributed by atoms with Gasteiger partial charge in [0.2, 0.25) is 11.8 Å². The van der Waals surface area contributed by atoms with E-state index in [1.807, 2.05) is 30.3 Å². The van der Waals surface area contributed by atoms with Crippen molar-refractivity contribution < 1.29 is 9.59 Å². The SMILES string of the molecule is NC(=O)c1ccc(NC(=O)Cn2c(=O)c(Br)c(N)n(Cc3ccccc3)c2=O)cc1. The first-order chi connectivity index (χ1) is 14.3. The number of hydrogen-bond donors (Lipinski definition) is 3. The summed E-state index contributed by atoms with van der Waals surface area (Å²) in [5, 5.41) is 2.57. The summed E-state index contributed by atoms with van der Waals surface area (Å²) in [6, 6.07) is 15.0. The van der Waals surface area contributed by atoms with Crippen LogP contribution in [0.5, 0.6) is 0 Å². The van der Waals surface area contributed by atoms with Gasteiger partial charge in [0.1, 0.15) is 16.8 Å². The van der Waals surface area contributed by atoms with E-state index in [0.717, 1.165) is 10.1 Å². The van der Waals surface area contributed by atoms with E-state index >= 15 is 0 Å². The Hall–Kier alpha value is -3.66. The van der Waals surface area contributed by atoms with Crippen LogP contribution in [0.2, 0.25) is 0 Å². The number of primary amides is 1. The number of aromatic nitrogens is 2. The van der Waals surface area contributed by atoms with Crippen molar-refractivity contribution in [3.63, 3.8) is 0 Å². The molecule has 0 unspecified atom stereocenters. The van der Waals surface area contributed by atoms with Crippen molar-refractivity contribution in [3.05, 3.63) is 91.0 Å². The lowest BCUT2D eigenvalue weighted by molar-refractivity contribution is -0.116. The zero-order valence-electron chi connectivity index (χ0n) is 15.7. The van der Waals surface area contributed by atoms with E-state index in [1.54, 1.807) is 0 Å². The quantitative estimate of drug-likeness (QED) is 0.493. The molecule has 0 aliphatic heterocycles. The fourth-order valence-corrected chi connectivity index (χ4v) is 3.23. The van der Waals surface area contributed by atoms with Gasteiger partial charge in [0.25, 0.3) is 5.56 Å². The number of halogens is 1. The van der Waals surface area contributed by atoms with E-state index in [2.05, 4.69) is 21.2 Å². The number of hydrogen-bond acceptors (Lipinski definition) is 5. The van der Waals surface area contributed by atoms with Crippen LogP contribution >= 0.6 is 15.9 Å². The summed E-state index contributed by atoms with van der Waals surface area (Å²) < 4.78 is 2.02. The lowest BCUT2D eigenvalue weighted by Gasteiger charge is -2.15. The van der Waals surface area contributed by atoms with Crippen molar-refractivity contribution >= 4 is 39.2 Å². The molecule has 154 valence electrons. The predicted octanol–water partition coefficient (Wildman–Crippen LogP) is 1.14. The molecule has 2 amide bonds. The minimum absolute atomic E-state index is 0.00311. The van der Waals surface area contributed by atoms with Crippen LogP contribution in [-0.2, 0) is 17.9 Å². The van der Waals surface area contributed by atoms with E-state index in [0.29, 0.717) is 5.69 Å². The summed E-state index contributed by atoms with van der Waals surface area (Å²) in [6.07, 6.45) is 0. The summed E-state index contributed by atoms with van der Waals surface area (Å²) in [7, 11) is 0. The Bertz CT molecular complexity index is 1220. The number of anilines is 2. The first kappa shape index (κ1) is 21.1. The molecule has 0 radical (unpaired) electrons. The number of nitrogens with zero attached hydrogens (tertiary/aromatic N) is 2. The molecule has 0 saturated heterocycles. The summed E-state index contributed by atoms with van der Waals surface area (Å²) >= 11 is 3.11. The Balaban J connectivity index is 1.88. The Morgan fingerprint density at radius 3 is 2.20 bits per heavy atom. The first-order valence-electron chi connectivity index (χ1n) is 8.80. The van der Waals surface area contributed by atoms with Gasteiger partial charge in [0, 0.05) is 11.3 Å². The molecule has 1 aromatic heterocycles. The number of nitrogens with one attached hydrogen (secondary N) is 1. The van der Waals surface area contributed by atoms with E-state index in [9.17, 15) is 19.2 Å². The molecule has 30 heavy (non-hydrogen) atoms. The Morgan fingerprint density at radius 1 is 0.967 bits per heavy atom. The van der Waals surface area contributed by atoms with Crippen molar-refractivity contribution in [2.75, 3.05) is 11.1 Å². The number of benzene rings is 2. The molecule has 1 heterocycles. The fraction of sp³-hybridized carbons (Fsp3) is 0.100. The normalized spacial score (nSPS) is 10.6. The molecule has 0 aliphatic carbocycles. The molecule has 0 bridgehead atoms. The van der Waals surface area contributed by atoms with Gasteiger partial charge in [-0.3, -0.25) is 19.0 Å². The molecular formula is C20H18BrN5O4. The van der Waals surface area contributed by atoms with E-state index in [1.165, 1.54) is 28.8 Å².